The highest BCUT2D eigenvalue weighted by atomic mass is 16.5. The van der Waals surface area contributed by atoms with Crippen LogP contribution in [0.4, 0.5) is 5.82 Å². The molecule has 2 aromatic rings. The molecule has 1 saturated carbocycles. The number of nitrogens with zero attached hydrogens (tertiary/aromatic N) is 2. The summed E-state index contributed by atoms with van der Waals surface area (Å²) >= 11 is 0. The molecule has 1 amide bonds. The van der Waals surface area contributed by atoms with Crippen molar-refractivity contribution in [3.8, 4) is 5.75 Å². The maximum Gasteiger partial charge on any atom is 0.226 e. The largest absolute Gasteiger partial charge is 0.490 e. The molecule has 126 valence electrons. The molecule has 2 heterocycles. The molecule has 0 saturated heterocycles. The van der Waals surface area contributed by atoms with Gasteiger partial charge in [0.05, 0.1) is 6.10 Å². The van der Waals surface area contributed by atoms with Gasteiger partial charge in [0.15, 0.2) is 5.82 Å². The summed E-state index contributed by atoms with van der Waals surface area (Å²) in [4.78, 5) is 12.0. The summed E-state index contributed by atoms with van der Waals surface area (Å²) in [6.07, 6.45) is 7.72. The van der Waals surface area contributed by atoms with Crippen molar-refractivity contribution in [2.45, 2.75) is 57.6 Å². The summed E-state index contributed by atoms with van der Waals surface area (Å²) in [6.45, 7) is 2.84. The Hall–Kier alpha value is -2.30. The molecule has 0 radical (unpaired) electrons. The summed E-state index contributed by atoms with van der Waals surface area (Å²) in [5.41, 5.74) is 2.24. The van der Waals surface area contributed by atoms with Crippen molar-refractivity contribution >= 4 is 11.7 Å². The zero-order valence-corrected chi connectivity index (χ0v) is 14.0. The summed E-state index contributed by atoms with van der Waals surface area (Å²) in [7, 11) is 0. The Bertz CT molecular complexity index is 730. The Kier molecular flexibility index (Phi) is 4.00. The van der Waals surface area contributed by atoms with Crippen molar-refractivity contribution in [2.75, 3.05) is 5.32 Å². The highest BCUT2D eigenvalue weighted by Crippen LogP contribution is 2.37. The first-order valence-electron chi connectivity index (χ1n) is 8.86. The van der Waals surface area contributed by atoms with Crippen LogP contribution in [-0.4, -0.2) is 21.8 Å². The number of rotatable bonds is 4. The van der Waals surface area contributed by atoms with Crippen LogP contribution in [0.1, 0.15) is 56.1 Å². The van der Waals surface area contributed by atoms with Crippen molar-refractivity contribution < 1.29 is 9.53 Å². The molecular formula is C19H23N3O2. The quantitative estimate of drug-likeness (QED) is 0.932. The summed E-state index contributed by atoms with van der Waals surface area (Å²) in [5.74, 6) is 1.72. The van der Waals surface area contributed by atoms with E-state index in [0.717, 1.165) is 36.3 Å². The average Bonchev–Trinajstić information content (AvgIpc) is 3.24. The first-order valence-corrected chi connectivity index (χ1v) is 8.86. The molecule has 0 bridgehead atoms. The number of carbonyl (C=O) groups is 1. The van der Waals surface area contributed by atoms with Crippen molar-refractivity contribution in [2.24, 2.45) is 0 Å². The highest BCUT2D eigenvalue weighted by Gasteiger charge is 2.29. The summed E-state index contributed by atoms with van der Waals surface area (Å²) in [5, 5.41) is 7.32. The zero-order valence-electron chi connectivity index (χ0n) is 14.0. The van der Waals surface area contributed by atoms with Gasteiger partial charge in [-0.15, -0.1) is 0 Å². The van der Waals surface area contributed by atoms with Crippen LogP contribution >= 0.6 is 0 Å². The second-order valence-corrected chi connectivity index (χ2v) is 6.69. The number of hydrogen-bond acceptors (Lipinski definition) is 3. The minimum atomic E-state index is 0.0279. The Balaban J connectivity index is 1.57. The van der Waals surface area contributed by atoms with E-state index >= 15 is 0 Å². The van der Waals surface area contributed by atoms with Crippen molar-refractivity contribution in [1.29, 1.82) is 0 Å². The van der Waals surface area contributed by atoms with Gasteiger partial charge in [-0.25, -0.2) is 0 Å². The fourth-order valence-electron chi connectivity index (χ4n) is 3.70. The fraction of sp³-hybridized carbons (Fsp3) is 0.474. The maximum atomic E-state index is 12.0. The van der Waals surface area contributed by atoms with Crippen LogP contribution in [0.25, 0.3) is 0 Å². The molecule has 5 nitrogen and oxygen atoms in total. The predicted octanol–water partition coefficient (Wildman–Crippen LogP) is 3.70. The lowest BCUT2D eigenvalue weighted by atomic mass is 9.87. The van der Waals surface area contributed by atoms with E-state index in [2.05, 4.69) is 22.5 Å². The average molecular weight is 325 g/mol. The van der Waals surface area contributed by atoms with E-state index < -0.39 is 0 Å². The van der Waals surface area contributed by atoms with Crippen LogP contribution in [0.2, 0.25) is 0 Å². The number of fused-ring (bicyclic) bond motifs is 1. The molecular weight excluding hydrogens is 302 g/mol. The number of aromatic nitrogens is 2. The lowest BCUT2D eigenvalue weighted by Crippen LogP contribution is -2.23. The lowest BCUT2D eigenvalue weighted by Gasteiger charge is -2.22. The van der Waals surface area contributed by atoms with Gasteiger partial charge in [-0.1, -0.05) is 12.1 Å². The number of aryl methyl sites for hydroxylation is 1. The SMILES string of the molecule is CCn1cc2c(n1)NC(=O)CC2c1ccc(OC2CCCC2)cc1. The summed E-state index contributed by atoms with van der Waals surface area (Å²) < 4.78 is 7.91. The Morgan fingerprint density at radius 3 is 2.71 bits per heavy atom. The number of anilines is 1. The number of amides is 1. The van der Waals surface area contributed by atoms with E-state index in [1.54, 1.807) is 0 Å². The van der Waals surface area contributed by atoms with Crippen LogP contribution < -0.4 is 10.1 Å². The molecule has 24 heavy (non-hydrogen) atoms. The second kappa shape index (κ2) is 6.30. The van der Waals surface area contributed by atoms with Gasteiger partial charge in [-0.3, -0.25) is 9.48 Å². The first-order chi connectivity index (χ1) is 11.7. The molecule has 4 rings (SSSR count). The normalized spacial score (nSPS) is 20.7. The van der Waals surface area contributed by atoms with Gasteiger partial charge in [0.2, 0.25) is 5.91 Å². The minimum absolute atomic E-state index is 0.0279. The molecule has 1 aromatic heterocycles. The molecule has 1 unspecified atom stereocenters. The van der Waals surface area contributed by atoms with Gasteiger partial charge < -0.3 is 10.1 Å². The number of carbonyl (C=O) groups excluding carboxylic acids is 1. The maximum absolute atomic E-state index is 12.0. The van der Waals surface area contributed by atoms with Gasteiger partial charge in [0.1, 0.15) is 5.75 Å². The second-order valence-electron chi connectivity index (χ2n) is 6.69. The minimum Gasteiger partial charge on any atom is -0.490 e. The van der Waals surface area contributed by atoms with E-state index in [1.807, 2.05) is 29.9 Å². The molecule has 1 atom stereocenters. The number of ether oxygens (including phenoxy) is 1. The Morgan fingerprint density at radius 2 is 2.00 bits per heavy atom. The molecule has 5 heteroatoms. The molecule has 1 fully saturated rings. The van der Waals surface area contributed by atoms with Gasteiger partial charge in [0, 0.05) is 30.6 Å². The Labute approximate surface area is 142 Å². The monoisotopic (exact) mass is 325 g/mol. The van der Waals surface area contributed by atoms with Crippen LogP contribution in [0.3, 0.4) is 0 Å². The van der Waals surface area contributed by atoms with Gasteiger partial charge in [-0.2, -0.15) is 5.10 Å². The van der Waals surface area contributed by atoms with Gasteiger partial charge >= 0.3 is 0 Å². The topological polar surface area (TPSA) is 56.2 Å². The van der Waals surface area contributed by atoms with E-state index in [-0.39, 0.29) is 11.8 Å². The van der Waals surface area contributed by atoms with E-state index in [4.69, 9.17) is 4.74 Å². The number of benzene rings is 1. The van der Waals surface area contributed by atoms with E-state index in [9.17, 15) is 4.79 Å². The standard InChI is InChI=1S/C19H23N3O2/c1-2-22-12-17-16(11-18(23)20-19(17)21-22)13-7-9-15(10-8-13)24-14-5-3-4-6-14/h7-10,12,14,16H,2-6,11H2,1H3,(H,20,21,23). The molecule has 1 aliphatic heterocycles. The smallest absolute Gasteiger partial charge is 0.226 e. The van der Waals surface area contributed by atoms with Crippen molar-refractivity contribution in [1.82, 2.24) is 9.78 Å². The van der Waals surface area contributed by atoms with Crippen molar-refractivity contribution in [3.63, 3.8) is 0 Å². The van der Waals surface area contributed by atoms with Crippen LogP contribution in [0.5, 0.6) is 5.75 Å². The van der Waals surface area contributed by atoms with Crippen molar-refractivity contribution in [3.05, 3.63) is 41.6 Å². The zero-order chi connectivity index (χ0) is 16.5. The summed E-state index contributed by atoms with van der Waals surface area (Å²) in [6, 6.07) is 8.23. The molecule has 1 aromatic carbocycles. The molecule has 2 aliphatic rings. The number of hydrogen-bond donors (Lipinski definition) is 1. The molecule has 0 spiro atoms. The fourth-order valence-corrected chi connectivity index (χ4v) is 3.70. The van der Waals surface area contributed by atoms with Crippen LogP contribution in [0.15, 0.2) is 30.5 Å². The van der Waals surface area contributed by atoms with Gasteiger partial charge in [-0.05, 0) is 50.3 Å². The molecule has 1 N–H and O–H groups in total. The molecule has 1 aliphatic carbocycles. The third-order valence-corrected chi connectivity index (χ3v) is 5.02. The van der Waals surface area contributed by atoms with E-state index in [0.29, 0.717) is 18.3 Å². The van der Waals surface area contributed by atoms with Gasteiger partial charge in [0.25, 0.3) is 0 Å². The predicted molar refractivity (Wildman–Crippen MR) is 92.3 cm³/mol. The van der Waals surface area contributed by atoms with Crippen LogP contribution in [0, 0.1) is 0 Å². The number of nitrogens with one attached hydrogen (secondary N) is 1. The third kappa shape index (κ3) is 2.90. The Morgan fingerprint density at radius 1 is 1.25 bits per heavy atom. The third-order valence-electron chi connectivity index (χ3n) is 5.02. The van der Waals surface area contributed by atoms with Crippen LogP contribution in [-0.2, 0) is 11.3 Å². The highest BCUT2D eigenvalue weighted by molar-refractivity contribution is 5.94. The first kappa shape index (κ1) is 15.2. The lowest BCUT2D eigenvalue weighted by molar-refractivity contribution is -0.116. The van der Waals surface area contributed by atoms with E-state index in [1.165, 1.54) is 12.8 Å².